The maximum atomic E-state index is 11.6. The van der Waals surface area contributed by atoms with Gasteiger partial charge >= 0.3 is 0 Å². The van der Waals surface area contributed by atoms with Crippen LogP contribution in [0.1, 0.15) is 32.6 Å². The molecule has 1 heterocycles. The van der Waals surface area contributed by atoms with Gasteiger partial charge in [-0.2, -0.15) is 0 Å². The molecule has 1 atom stereocenters. The Morgan fingerprint density at radius 3 is 2.36 bits per heavy atom. The molecule has 0 spiro atoms. The van der Waals surface area contributed by atoms with Gasteiger partial charge in [0.25, 0.3) is 0 Å². The normalized spacial score (nSPS) is 19.1. The Labute approximate surface area is 84.4 Å². The molecule has 0 aromatic carbocycles. The zero-order chi connectivity index (χ0) is 10.6. The first-order chi connectivity index (χ1) is 6.61. The van der Waals surface area contributed by atoms with Gasteiger partial charge in [-0.3, -0.25) is 9.59 Å². The van der Waals surface area contributed by atoms with Crippen molar-refractivity contribution in [3.05, 3.63) is 0 Å². The molecule has 1 rings (SSSR count). The molecule has 4 nitrogen and oxygen atoms in total. The minimum Gasteiger partial charge on any atom is -0.369 e. The smallest absolute Gasteiger partial charge is 0.223 e. The summed E-state index contributed by atoms with van der Waals surface area (Å²) in [6, 6.07) is 0. The van der Waals surface area contributed by atoms with Crippen molar-refractivity contribution in [2.45, 2.75) is 32.6 Å². The van der Waals surface area contributed by atoms with Crippen LogP contribution < -0.4 is 5.73 Å². The Morgan fingerprint density at radius 2 is 1.86 bits per heavy atom. The van der Waals surface area contributed by atoms with E-state index in [2.05, 4.69) is 0 Å². The minimum atomic E-state index is -0.393. The standard InChI is InChI=1S/C10H18N2O2/c1-8(10(11)14)7-9(13)12-5-3-2-4-6-12/h8H,2-7H2,1H3,(H2,11,14)/t8-/m1/s1. The summed E-state index contributed by atoms with van der Waals surface area (Å²) in [7, 11) is 0. The summed E-state index contributed by atoms with van der Waals surface area (Å²) in [6.45, 7) is 3.37. The molecule has 0 unspecified atom stereocenters. The fourth-order valence-electron chi connectivity index (χ4n) is 1.63. The quantitative estimate of drug-likeness (QED) is 0.718. The molecule has 0 aromatic rings. The molecule has 0 bridgehead atoms. The molecule has 2 amide bonds. The molecule has 1 aliphatic heterocycles. The lowest BCUT2D eigenvalue weighted by Crippen LogP contribution is -2.37. The number of nitrogens with two attached hydrogens (primary N) is 1. The number of hydrogen-bond donors (Lipinski definition) is 1. The van der Waals surface area contributed by atoms with Crippen molar-refractivity contribution >= 4 is 11.8 Å². The topological polar surface area (TPSA) is 63.4 Å². The first kappa shape index (κ1) is 11.0. The van der Waals surface area contributed by atoms with Crippen molar-refractivity contribution in [3.63, 3.8) is 0 Å². The average Bonchev–Trinajstić information content (AvgIpc) is 2.19. The number of rotatable bonds is 3. The van der Waals surface area contributed by atoms with Crippen LogP contribution in [0.5, 0.6) is 0 Å². The Morgan fingerprint density at radius 1 is 1.29 bits per heavy atom. The van der Waals surface area contributed by atoms with Crippen molar-refractivity contribution < 1.29 is 9.59 Å². The van der Waals surface area contributed by atoms with E-state index in [-0.39, 0.29) is 18.2 Å². The number of hydrogen-bond acceptors (Lipinski definition) is 2. The van der Waals surface area contributed by atoms with E-state index in [0.717, 1.165) is 25.9 Å². The fraction of sp³-hybridized carbons (Fsp3) is 0.800. The van der Waals surface area contributed by atoms with Crippen LogP contribution in [0.4, 0.5) is 0 Å². The summed E-state index contributed by atoms with van der Waals surface area (Å²) < 4.78 is 0. The molecule has 1 saturated heterocycles. The second-order valence-corrected chi connectivity index (χ2v) is 3.95. The molecule has 80 valence electrons. The lowest BCUT2D eigenvalue weighted by Gasteiger charge is -2.27. The van der Waals surface area contributed by atoms with E-state index in [1.165, 1.54) is 6.42 Å². The number of amides is 2. The monoisotopic (exact) mass is 198 g/mol. The second kappa shape index (κ2) is 4.98. The summed E-state index contributed by atoms with van der Waals surface area (Å²) in [5, 5.41) is 0. The van der Waals surface area contributed by atoms with Crippen LogP contribution >= 0.6 is 0 Å². The molecule has 1 aliphatic rings. The fourth-order valence-corrected chi connectivity index (χ4v) is 1.63. The number of nitrogens with zero attached hydrogens (tertiary/aromatic N) is 1. The highest BCUT2D eigenvalue weighted by atomic mass is 16.2. The van der Waals surface area contributed by atoms with E-state index in [0.29, 0.717) is 0 Å². The highest BCUT2D eigenvalue weighted by molar-refractivity contribution is 5.84. The van der Waals surface area contributed by atoms with Crippen molar-refractivity contribution in [2.75, 3.05) is 13.1 Å². The van der Waals surface area contributed by atoms with Gasteiger partial charge in [0.15, 0.2) is 0 Å². The van der Waals surface area contributed by atoms with Crippen LogP contribution in [-0.2, 0) is 9.59 Å². The molecule has 0 saturated carbocycles. The predicted octanol–water partition coefficient (Wildman–Crippen LogP) is 0.510. The first-order valence-electron chi connectivity index (χ1n) is 5.18. The lowest BCUT2D eigenvalue weighted by molar-refractivity contribution is -0.135. The maximum Gasteiger partial charge on any atom is 0.223 e. The average molecular weight is 198 g/mol. The summed E-state index contributed by atoms with van der Waals surface area (Å²) in [6.07, 6.45) is 3.62. The Bertz CT molecular complexity index is 222. The third-order valence-corrected chi connectivity index (χ3v) is 2.68. The second-order valence-electron chi connectivity index (χ2n) is 3.95. The summed E-state index contributed by atoms with van der Waals surface area (Å²) >= 11 is 0. The molecular weight excluding hydrogens is 180 g/mol. The van der Waals surface area contributed by atoms with Gasteiger partial charge in [-0.15, -0.1) is 0 Å². The SMILES string of the molecule is C[C@H](CC(=O)N1CCCCC1)C(N)=O. The number of carbonyl (C=O) groups is 2. The van der Waals surface area contributed by atoms with Gasteiger partial charge < -0.3 is 10.6 Å². The molecule has 14 heavy (non-hydrogen) atoms. The molecule has 2 N–H and O–H groups in total. The highest BCUT2D eigenvalue weighted by Crippen LogP contribution is 2.12. The highest BCUT2D eigenvalue weighted by Gasteiger charge is 2.20. The van der Waals surface area contributed by atoms with E-state index in [1.807, 2.05) is 4.90 Å². The van der Waals surface area contributed by atoms with Crippen LogP contribution in [0.25, 0.3) is 0 Å². The van der Waals surface area contributed by atoms with Crippen molar-refractivity contribution in [1.82, 2.24) is 4.90 Å². The predicted molar refractivity (Wildman–Crippen MR) is 53.4 cm³/mol. The van der Waals surface area contributed by atoms with E-state index in [9.17, 15) is 9.59 Å². The van der Waals surface area contributed by atoms with Gasteiger partial charge in [-0.05, 0) is 19.3 Å². The molecule has 0 aromatic heterocycles. The summed E-state index contributed by atoms with van der Waals surface area (Å²) in [5.41, 5.74) is 5.10. The van der Waals surface area contributed by atoms with Crippen LogP contribution in [-0.4, -0.2) is 29.8 Å². The largest absolute Gasteiger partial charge is 0.369 e. The molecule has 4 heteroatoms. The Balaban J connectivity index is 2.36. The Kier molecular flexibility index (Phi) is 3.92. The van der Waals surface area contributed by atoms with Gasteiger partial charge in [0.2, 0.25) is 11.8 Å². The third kappa shape index (κ3) is 3.01. The Hall–Kier alpha value is -1.06. The van der Waals surface area contributed by atoms with Gasteiger partial charge in [0.05, 0.1) is 0 Å². The minimum absolute atomic E-state index is 0.0657. The third-order valence-electron chi connectivity index (χ3n) is 2.68. The van der Waals surface area contributed by atoms with Crippen molar-refractivity contribution in [3.8, 4) is 0 Å². The van der Waals surface area contributed by atoms with Gasteiger partial charge in [0.1, 0.15) is 0 Å². The summed E-state index contributed by atoms with van der Waals surface area (Å²) in [4.78, 5) is 24.2. The van der Waals surface area contributed by atoms with Crippen LogP contribution in [0.15, 0.2) is 0 Å². The number of carbonyl (C=O) groups excluding carboxylic acids is 2. The number of primary amides is 1. The van der Waals surface area contributed by atoms with Gasteiger partial charge in [-0.25, -0.2) is 0 Å². The van der Waals surface area contributed by atoms with Gasteiger partial charge in [0, 0.05) is 25.4 Å². The maximum absolute atomic E-state index is 11.6. The van der Waals surface area contributed by atoms with E-state index >= 15 is 0 Å². The van der Waals surface area contributed by atoms with Crippen molar-refractivity contribution in [1.29, 1.82) is 0 Å². The molecular formula is C10H18N2O2. The van der Waals surface area contributed by atoms with Crippen LogP contribution in [0, 0.1) is 5.92 Å². The number of piperidine rings is 1. The van der Waals surface area contributed by atoms with Gasteiger partial charge in [-0.1, -0.05) is 6.92 Å². The molecule has 1 fully saturated rings. The van der Waals surface area contributed by atoms with E-state index < -0.39 is 5.91 Å². The summed E-state index contributed by atoms with van der Waals surface area (Å²) in [5.74, 6) is -0.671. The molecule has 0 radical (unpaired) electrons. The zero-order valence-electron chi connectivity index (χ0n) is 8.66. The van der Waals surface area contributed by atoms with Crippen LogP contribution in [0.3, 0.4) is 0 Å². The lowest BCUT2D eigenvalue weighted by atomic mass is 10.1. The molecule has 0 aliphatic carbocycles. The van der Waals surface area contributed by atoms with E-state index in [1.54, 1.807) is 6.92 Å². The van der Waals surface area contributed by atoms with Crippen LogP contribution in [0.2, 0.25) is 0 Å². The first-order valence-corrected chi connectivity index (χ1v) is 5.18. The van der Waals surface area contributed by atoms with Crippen molar-refractivity contribution in [2.24, 2.45) is 11.7 Å². The number of likely N-dealkylation sites (tertiary alicyclic amines) is 1. The van der Waals surface area contributed by atoms with E-state index in [4.69, 9.17) is 5.73 Å². The zero-order valence-corrected chi connectivity index (χ0v) is 8.66.